The molecule has 1 heterocycles. The van der Waals surface area contributed by atoms with E-state index in [1.54, 1.807) is 12.1 Å². The Morgan fingerprint density at radius 1 is 1.24 bits per heavy atom. The van der Waals surface area contributed by atoms with E-state index in [0.717, 1.165) is 19.4 Å². The first-order chi connectivity index (χ1) is 8.21. The highest BCUT2D eigenvalue weighted by Crippen LogP contribution is 2.03. The molecular formula is C12H20N4O. The van der Waals surface area contributed by atoms with Gasteiger partial charge in [-0.1, -0.05) is 13.8 Å². The van der Waals surface area contributed by atoms with Crippen LogP contribution in [0.3, 0.4) is 0 Å². The molecule has 5 heteroatoms. The fourth-order valence-electron chi connectivity index (χ4n) is 1.48. The van der Waals surface area contributed by atoms with Crippen LogP contribution in [0.2, 0.25) is 0 Å². The van der Waals surface area contributed by atoms with Crippen LogP contribution in [0.15, 0.2) is 12.1 Å². The van der Waals surface area contributed by atoms with Gasteiger partial charge in [0.05, 0.1) is 0 Å². The highest BCUT2D eigenvalue weighted by molar-refractivity contribution is 5.92. The van der Waals surface area contributed by atoms with Crippen molar-refractivity contribution in [2.24, 2.45) is 0 Å². The molecule has 0 fully saturated rings. The van der Waals surface area contributed by atoms with E-state index >= 15 is 0 Å². The third-order valence-corrected chi connectivity index (χ3v) is 2.58. The van der Waals surface area contributed by atoms with Gasteiger partial charge in [-0.2, -0.15) is 0 Å². The smallest absolute Gasteiger partial charge is 0.272 e. The summed E-state index contributed by atoms with van der Waals surface area (Å²) in [5.41, 5.74) is 0.360. The van der Waals surface area contributed by atoms with Crippen LogP contribution in [-0.4, -0.2) is 28.7 Å². The van der Waals surface area contributed by atoms with Gasteiger partial charge in [-0.25, -0.2) is 0 Å². The van der Waals surface area contributed by atoms with E-state index in [-0.39, 0.29) is 11.9 Å². The van der Waals surface area contributed by atoms with Gasteiger partial charge in [0, 0.05) is 12.6 Å². The number of nitrogens with one attached hydrogen (secondary N) is 2. The van der Waals surface area contributed by atoms with Gasteiger partial charge in [0.25, 0.3) is 5.91 Å². The van der Waals surface area contributed by atoms with E-state index in [4.69, 9.17) is 0 Å². The maximum Gasteiger partial charge on any atom is 0.272 e. The number of carbonyl (C=O) groups is 1. The number of amides is 1. The normalized spacial score (nSPS) is 10.4. The fraction of sp³-hybridized carbons (Fsp3) is 0.583. The molecule has 5 nitrogen and oxygen atoms in total. The Hall–Kier alpha value is -1.65. The minimum Gasteiger partial charge on any atom is -0.369 e. The lowest BCUT2D eigenvalue weighted by Gasteiger charge is -2.13. The van der Waals surface area contributed by atoms with Crippen LogP contribution in [0.5, 0.6) is 0 Å². The Bertz CT molecular complexity index is 346. The molecule has 0 aliphatic rings. The summed E-state index contributed by atoms with van der Waals surface area (Å²) in [5.74, 6) is 0.529. The first kappa shape index (κ1) is 13.4. The summed E-state index contributed by atoms with van der Waals surface area (Å²) >= 11 is 0. The van der Waals surface area contributed by atoms with Crippen molar-refractivity contribution in [1.29, 1.82) is 0 Å². The number of nitrogens with zero attached hydrogens (tertiary/aromatic N) is 2. The van der Waals surface area contributed by atoms with Crippen molar-refractivity contribution >= 4 is 11.7 Å². The van der Waals surface area contributed by atoms with Gasteiger partial charge in [-0.05, 0) is 31.9 Å². The quantitative estimate of drug-likeness (QED) is 0.790. The number of hydrogen-bond acceptors (Lipinski definition) is 4. The SMILES string of the molecule is CCNc1ccc(C(=O)NC(CC)CC)nn1. The molecule has 0 saturated carbocycles. The lowest BCUT2D eigenvalue weighted by atomic mass is 10.1. The number of rotatable bonds is 6. The zero-order valence-corrected chi connectivity index (χ0v) is 10.7. The lowest BCUT2D eigenvalue weighted by molar-refractivity contribution is 0.0929. The maximum absolute atomic E-state index is 11.8. The molecule has 0 bridgehead atoms. The summed E-state index contributed by atoms with van der Waals surface area (Å²) in [6.07, 6.45) is 1.84. The highest BCUT2D eigenvalue weighted by Gasteiger charge is 2.12. The molecule has 0 spiro atoms. The molecule has 17 heavy (non-hydrogen) atoms. The summed E-state index contributed by atoms with van der Waals surface area (Å²) in [6, 6.07) is 3.65. The molecule has 0 radical (unpaired) electrons. The molecule has 0 aliphatic carbocycles. The molecule has 1 aromatic heterocycles. The number of carbonyl (C=O) groups excluding carboxylic acids is 1. The van der Waals surface area contributed by atoms with Crippen molar-refractivity contribution in [2.45, 2.75) is 39.7 Å². The molecule has 94 valence electrons. The van der Waals surface area contributed by atoms with Crippen molar-refractivity contribution < 1.29 is 4.79 Å². The van der Waals surface area contributed by atoms with E-state index in [0.29, 0.717) is 11.5 Å². The lowest BCUT2D eigenvalue weighted by Crippen LogP contribution is -2.34. The molecular weight excluding hydrogens is 216 g/mol. The zero-order chi connectivity index (χ0) is 12.7. The van der Waals surface area contributed by atoms with Gasteiger partial charge in [-0.15, -0.1) is 10.2 Å². The first-order valence-corrected chi connectivity index (χ1v) is 6.09. The molecule has 0 unspecified atom stereocenters. The molecule has 1 amide bonds. The largest absolute Gasteiger partial charge is 0.369 e. The third-order valence-electron chi connectivity index (χ3n) is 2.58. The molecule has 0 saturated heterocycles. The van der Waals surface area contributed by atoms with Crippen LogP contribution in [0.4, 0.5) is 5.82 Å². The van der Waals surface area contributed by atoms with Gasteiger partial charge >= 0.3 is 0 Å². The molecule has 2 N–H and O–H groups in total. The summed E-state index contributed by atoms with van der Waals surface area (Å²) in [5, 5.41) is 13.8. The Morgan fingerprint density at radius 3 is 2.41 bits per heavy atom. The van der Waals surface area contributed by atoms with Crippen LogP contribution in [0.1, 0.15) is 44.1 Å². The van der Waals surface area contributed by atoms with Gasteiger partial charge in [0.1, 0.15) is 5.82 Å². The third kappa shape index (κ3) is 4.01. The summed E-state index contributed by atoms with van der Waals surface area (Å²) in [6.45, 7) is 6.87. The molecule has 1 aromatic rings. The highest BCUT2D eigenvalue weighted by atomic mass is 16.2. The number of aromatic nitrogens is 2. The predicted octanol–water partition coefficient (Wildman–Crippen LogP) is 1.83. The predicted molar refractivity (Wildman–Crippen MR) is 68.0 cm³/mol. The van der Waals surface area contributed by atoms with Gasteiger partial charge < -0.3 is 10.6 Å². The summed E-state index contributed by atoms with van der Waals surface area (Å²) in [4.78, 5) is 11.8. The van der Waals surface area contributed by atoms with E-state index in [2.05, 4.69) is 20.8 Å². The second-order valence-electron chi connectivity index (χ2n) is 3.82. The molecule has 0 aromatic carbocycles. The van der Waals surface area contributed by atoms with Crippen molar-refractivity contribution in [3.8, 4) is 0 Å². The zero-order valence-electron chi connectivity index (χ0n) is 10.7. The minimum absolute atomic E-state index is 0.158. The van der Waals surface area contributed by atoms with Crippen LogP contribution >= 0.6 is 0 Å². The van der Waals surface area contributed by atoms with E-state index < -0.39 is 0 Å². The standard InChI is InChI=1S/C12H20N4O/c1-4-9(5-2)14-12(17)10-7-8-11(13-6-3)16-15-10/h7-9H,4-6H2,1-3H3,(H,13,16)(H,14,17). The maximum atomic E-state index is 11.8. The van der Waals surface area contributed by atoms with Crippen LogP contribution in [0, 0.1) is 0 Å². The van der Waals surface area contributed by atoms with Crippen molar-refractivity contribution in [2.75, 3.05) is 11.9 Å². The Labute approximate surface area is 102 Å². The average Bonchev–Trinajstić information content (AvgIpc) is 2.37. The van der Waals surface area contributed by atoms with Crippen molar-refractivity contribution in [3.05, 3.63) is 17.8 Å². The van der Waals surface area contributed by atoms with Crippen LogP contribution in [-0.2, 0) is 0 Å². The molecule has 0 aliphatic heterocycles. The Kier molecular flexibility index (Phi) is 5.39. The first-order valence-electron chi connectivity index (χ1n) is 6.09. The Morgan fingerprint density at radius 2 is 1.94 bits per heavy atom. The second-order valence-corrected chi connectivity index (χ2v) is 3.82. The van der Waals surface area contributed by atoms with Crippen LogP contribution in [0.25, 0.3) is 0 Å². The van der Waals surface area contributed by atoms with Crippen LogP contribution < -0.4 is 10.6 Å². The van der Waals surface area contributed by atoms with E-state index in [1.807, 2.05) is 20.8 Å². The van der Waals surface area contributed by atoms with E-state index in [9.17, 15) is 4.79 Å². The minimum atomic E-state index is -0.158. The summed E-state index contributed by atoms with van der Waals surface area (Å²) < 4.78 is 0. The van der Waals surface area contributed by atoms with Crippen molar-refractivity contribution in [1.82, 2.24) is 15.5 Å². The second kappa shape index (κ2) is 6.83. The number of anilines is 1. The average molecular weight is 236 g/mol. The molecule has 1 rings (SSSR count). The summed E-state index contributed by atoms with van der Waals surface area (Å²) in [7, 11) is 0. The number of hydrogen-bond donors (Lipinski definition) is 2. The topological polar surface area (TPSA) is 66.9 Å². The van der Waals surface area contributed by atoms with E-state index in [1.165, 1.54) is 0 Å². The van der Waals surface area contributed by atoms with Crippen molar-refractivity contribution in [3.63, 3.8) is 0 Å². The fourth-order valence-corrected chi connectivity index (χ4v) is 1.48. The molecule has 0 atom stereocenters. The van der Waals surface area contributed by atoms with Gasteiger partial charge in [0.2, 0.25) is 0 Å². The van der Waals surface area contributed by atoms with Gasteiger partial charge in [-0.3, -0.25) is 4.79 Å². The Balaban J connectivity index is 2.63. The monoisotopic (exact) mass is 236 g/mol. The van der Waals surface area contributed by atoms with Gasteiger partial charge in [0.15, 0.2) is 5.69 Å².